The highest BCUT2D eigenvalue weighted by molar-refractivity contribution is 5.53. The smallest absolute Gasteiger partial charge is 0.127 e. The first kappa shape index (κ1) is 18.4. The summed E-state index contributed by atoms with van der Waals surface area (Å²) in [6.07, 6.45) is 12.0. The summed E-state index contributed by atoms with van der Waals surface area (Å²) in [5.74, 6) is 2.05. The van der Waals surface area contributed by atoms with Crippen molar-refractivity contribution in [2.75, 3.05) is 0 Å². The Balaban J connectivity index is 1.84. The van der Waals surface area contributed by atoms with Crippen molar-refractivity contribution in [2.45, 2.75) is 90.6 Å². The third-order valence-corrected chi connectivity index (χ3v) is 6.10. The molecule has 1 heterocycles. The van der Waals surface area contributed by atoms with E-state index in [1.54, 1.807) is 0 Å². The van der Waals surface area contributed by atoms with Gasteiger partial charge in [0.05, 0.1) is 0 Å². The lowest BCUT2D eigenvalue weighted by molar-refractivity contribution is 0.0107. The van der Waals surface area contributed by atoms with Crippen LogP contribution in [-0.4, -0.2) is 10.7 Å². The zero-order valence-corrected chi connectivity index (χ0v) is 16.4. The Labute approximate surface area is 153 Å². The van der Waals surface area contributed by atoms with Crippen molar-refractivity contribution in [3.8, 4) is 11.5 Å². The molecule has 2 nitrogen and oxygen atoms in total. The average Bonchev–Trinajstić information content (AvgIpc) is 2.53. The molecule has 1 aromatic rings. The van der Waals surface area contributed by atoms with Crippen LogP contribution < -0.4 is 4.74 Å². The fourth-order valence-corrected chi connectivity index (χ4v) is 4.66. The average molecular weight is 343 g/mol. The van der Waals surface area contributed by atoms with Crippen LogP contribution in [0.2, 0.25) is 0 Å². The molecule has 0 spiro atoms. The summed E-state index contributed by atoms with van der Waals surface area (Å²) >= 11 is 0. The Bertz CT molecular complexity index is 642. The third kappa shape index (κ3) is 3.88. The highest BCUT2D eigenvalue weighted by Gasteiger charge is 2.45. The summed E-state index contributed by atoms with van der Waals surface area (Å²) in [5, 5.41) is 10.8. The van der Waals surface area contributed by atoms with E-state index >= 15 is 0 Å². The Morgan fingerprint density at radius 1 is 1.16 bits per heavy atom. The Kier molecular flexibility index (Phi) is 5.46. The monoisotopic (exact) mass is 342 g/mol. The van der Waals surface area contributed by atoms with Gasteiger partial charge in [0, 0.05) is 17.4 Å². The van der Waals surface area contributed by atoms with E-state index in [2.05, 4.69) is 39.8 Å². The van der Waals surface area contributed by atoms with Gasteiger partial charge >= 0.3 is 0 Å². The molecule has 1 N–H and O–H groups in total. The number of fused-ring (bicyclic) bond motifs is 3. The van der Waals surface area contributed by atoms with Crippen molar-refractivity contribution >= 4 is 0 Å². The SMILES string of the molecule is CCCCCCCc1cc(O)c2c(c1)OC(C)(C)C1CCC(C)=CC21. The number of hydrogen-bond donors (Lipinski definition) is 1. The molecule has 2 unspecified atom stereocenters. The summed E-state index contributed by atoms with van der Waals surface area (Å²) in [6.45, 7) is 8.86. The first-order valence-corrected chi connectivity index (χ1v) is 10.1. The van der Waals surface area contributed by atoms with E-state index in [0.29, 0.717) is 11.7 Å². The quantitative estimate of drug-likeness (QED) is 0.471. The number of rotatable bonds is 6. The molecule has 0 amide bonds. The molecule has 0 radical (unpaired) electrons. The minimum Gasteiger partial charge on any atom is -0.507 e. The molecule has 2 heteroatoms. The highest BCUT2D eigenvalue weighted by atomic mass is 16.5. The summed E-state index contributed by atoms with van der Waals surface area (Å²) in [6, 6.07) is 4.17. The van der Waals surface area contributed by atoms with Gasteiger partial charge in [-0.1, -0.05) is 44.3 Å². The van der Waals surface area contributed by atoms with Crippen molar-refractivity contribution < 1.29 is 9.84 Å². The van der Waals surface area contributed by atoms with Gasteiger partial charge in [0.1, 0.15) is 17.1 Å². The topological polar surface area (TPSA) is 29.5 Å². The molecule has 0 fully saturated rings. The molecule has 3 rings (SSSR count). The second-order valence-electron chi connectivity index (χ2n) is 8.58. The zero-order chi connectivity index (χ0) is 18.0. The minimum atomic E-state index is -0.180. The number of allylic oxidation sites excluding steroid dienone is 2. The Hall–Kier alpha value is -1.44. The van der Waals surface area contributed by atoms with E-state index in [9.17, 15) is 5.11 Å². The lowest BCUT2D eigenvalue weighted by Gasteiger charge is -2.46. The molecule has 2 aliphatic rings. The van der Waals surface area contributed by atoms with Crippen LogP contribution in [0.15, 0.2) is 23.8 Å². The van der Waals surface area contributed by atoms with Gasteiger partial charge < -0.3 is 9.84 Å². The summed E-state index contributed by atoms with van der Waals surface area (Å²) < 4.78 is 6.40. The first-order valence-electron chi connectivity index (χ1n) is 10.1. The summed E-state index contributed by atoms with van der Waals surface area (Å²) in [5.41, 5.74) is 3.47. The van der Waals surface area contributed by atoms with E-state index in [1.165, 1.54) is 43.2 Å². The molecule has 25 heavy (non-hydrogen) atoms. The molecule has 0 aromatic heterocycles. The second-order valence-corrected chi connectivity index (χ2v) is 8.58. The van der Waals surface area contributed by atoms with Gasteiger partial charge in [-0.05, 0) is 64.2 Å². The van der Waals surface area contributed by atoms with Gasteiger partial charge in [-0.2, -0.15) is 0 Å². The maximum atomic E-state index is 10.8. The predicted molar refractivity (Wildman–Crippen MR) is 104 cm³/mol. The van der Waals surface area contributed by atoms with E-state index in [-0.39, 0.29) is 11.5 Å². The van der Waals surface area contributed by atoms with Crippen LogP contribution in [0.5, 0.6) is 11.5 Å². The molecule has 0 saturated heterocycles. The molecule has 138 valence electrons. The number of ether oxygens (including phenoxy) is 1. The maximum absolute atomic E-state index is 10.8. The molecule has 2 atom stereocenters. The normalized spacial score (nSPS) is 24.1. The van der Waals surface area contributed by atoms with Crippen molar-refractivity contribution in [2.24, 2.45) is 5.92 Å². The van der Waals surface area contributed by atoms with E-state index < -0.39 is 0 Å². The van der Waals surface area contributed by atoms with Gasteiger partial charge in [0.15, 0.2) is 0 Å². The number of hydrogen-bond acceptors (Lipinski definition) is 2. The maximum Gasteiger partial charge on any atom is 0.127 e. The number of unbranched alkanes of at least 4 members (excludes halogenated alkanes) is 4. The van der Waals surface area contributed by atoms with Gasteiger partial charge in [0.25, 0.3) is 0 Å². The molecule has 0 saturated carbocycles. The molecule has 1 aromatic carbocycles. The fourth-order valence-electron chi connectivity index (χ4n) is 4.66. The van der Waals surface area contributed by atoms with E-state index in [0.717, 1.165) is 30.6 Å². The van der Waals surface area contributed by atoms with Crippen molar-refractivity contribution in [1.82, 2.24) is 0 Å². The van der Waals surface area contributed by atoms with Gasteiger partial charge in [-0.3, -0.25) is 0 Å². The minimum absolute atomic E-state index is 0.180. The largest absolute Gasteiger partial charge is 0.507 e. The van der Waals surface area contributed by atoms with Crippen LogP contribution in [0, 0.1) is 5.92 Å². The van der Waals surface area contributed by atoms with E-state index in [1.807, 2.05) is 6.07 Å². The van der Waals surface area contributed by atoms with E-state index in [4.69, 9.17) is 4.74 Å². The Morgan fingerprint density at radius 3 is 2.68 bits per heavy atom. The van der Waals surface area contributed by atoms with Crippen LogP contribution in [0.3, 0.4) is 0 Å². The van der Waals surface area contributed by atoms with Gasteiger partial charge in [0.2, 0.25) is 0 Å². The number of phenols is 1. The second kappa shape index (κ2) is 7.43. The summed E-state index contributed by atoms with van der Waals surface area (Å²) in [4.78, 5) is 0. The fraction of sp³-hybridized carbons (Fsp3) is 0.652. The highest BCUT2D eigenvalue weighted by Crippen LogP contribution is 2.53. The van der Waals surface area contributed by atoms with Gasteiger partial charge in [-0.15, -0.1) is 0 Å². The number of aryl methyl sites for hydroxylation is 1. The van der Waals surface area contributed by atoms with Crippen LogP contribution >= 0.6 is 0 Å². The van der Waals surface area contributed by atoms with Crippen LogP contribution in [0.25, 0.3) is 0 Å². The zero-order valence-electron chi connectivity index (χ0n) is 16.4. The lowest BCUT2D eigenvalue weighted by atomic mass is 9.68. The third-order valence-electron chi connectivity index (χ3n) is 6.10. The number of phenolic OH excluding ortho intramolecular Hbond substituents is 1. The van der Waals surface area contributed by atoms with Crippen molar-refractivity contribution in [3.05, 3.63) is 34.9 Å². The standard InChI is InChI=1S/C23H34O2/c1-5-6-7-8-9-10-17-14-20(24)22-18-13-16(2)11-12-19(18)23(3,4)25-21(22)15-17/h13-15,18-19,24H,5-12H2,1-4H3. The van der Waals surface area contributed by atoms with Crippen LogP contribution in [-0.2, 0) is 6.42 Å². The predicted octanol–water partition coefficient (Wildman–Crippen LogP) is 6.52. The first-order chi connectivity index (χ1) is 11.9. The molecule has 0 bridgehead atoms. The van der Waals surface area contributed by atoms with Crippen molar-refractivity contribution in [1.29, 1.82) is 0 Å². The lowest BCUT2D eigenvalue weighted by Crippen LogP contribution is -2.45. The van der Waals surface area contributed by atoms with Gasteiger partial charge in [-0.25, -0.2) is 0 Å². The molecular weight excluding hydrogens is 308 g/mol. The number of aromatic hydroxyl groups is 1. The molecule has 1 aliphatic heterocycles. The summed E-state index contributed by atoms with van der Waals surface area (Å²) in [7, 11) is 0. The van der Waals surface area contributed by atoms with Crippen molar-refractivity contribution in [3.63, 3.8) is 0 Å². The molecular formula is C23H34O2. The van der Waals surface area contributed by atoms with Crippen LogP contribution in [0.4, 0.5) is 0 Å². The number of benzene rings is 1. The Morgan fingerprint density at radius 2 is 1.92 bits per heavy atom. The molecule has 1 aliphatic carbocycles. The van der Waals surface area contributed by atoms with Crippen LogP contribution in [0.1, 0.15) is 89.7 Å².